The van der Waals surface area contributed by atoms with Gasteiger partial charge in [0.15, 0.2) is 0 Å². The van der Waals surface area contributed by atoms with Gasteiger partial charge in [0.05, 0.1) is 26.4 Å². The average molecular weight is 855 g/mol. The monoisotopic (exact) mass is 855 g/mol. The van der Waals surface area contributed by atoms with Gasteiger partial charge in [0, 0.05) is 16.6 Å². The van der Waals surface area contributed by atoms with Gasteiger partial charge in [-0.2, -0.15) is 0 Å². The van der Waals surface area contributed by atoms with E-state index in [9.17, 15) is 19.8 Å². The number of ether oxygens (including phenoxy) is 2. The minimum absolute atomic E-state index is 0.123. The van der Waals surface area contributed by atoms with E-state index < -0.39 is 17.4 Å². The first-order valence-electron chi connectivity index (χ1n) is 23.7. The molecule has 6 heteroatoms. The second-order valence-corrected chi connectivity index (χ2v) is 18.6. The van der Waals surface area contributed by atoms with E-state index in [-0.39, 0.29) is 26.4 Å². The van der Waals surface area contributed by atoms with Crippen molar-refractivity contribution in [2.75, 3.05) is 26.4 Å². The minimum atomic E-state index is -0.637. The van der Waals surface area contributed by atoms with Crippen LogP contribution in [-0.2, 0) is 44.7 Å². The highest BCUT2D eigenvalue weighted by Crippen LogP contribution is 2.39. The number of aliphatic hydroxyl groups excluding tert-OH is 2. The summed E-state index contributed by atoms with van der Waals surface area (Å²) in [4.78, 5) is 24.4. The van der Waals surface area contributed by atoms with Gasteiger partial charge in [-0.3, -0.25) is 0 Å². The first-order valence-corrected chi connectivity index (χ1v) is 23.7. The van der Waals surface area contributed by atoms with E-state index in [4.69, 9.17) is 9.47 Å². The van der Waals surface area contributed by atoms with Crippen molar-refractivity contribution < 1.29 is 29.3 Å². The van der Waals surface area contributed by atoms with Crippen LogP contribution < -0.4 is 0 Å². The van der Waals surface area contributed by atoms with E-state index in [0.717, 1.165) is 40.2 Å². The predicted molar refractivity (Wildman–Crippen MR) is 260 cm³/mol. The Labute approximate surface area is 378 Å². The van der Waals surface area contributed by atoms with Crippen molar-refractivity contribution in [2.24, 2.45) is 11.3 Å². The molecule has 0 spiro atoms. The normalized spacial score (nSPS) is 15.2. The number of benzene rings is 4. The molecular weight excluding hydrogens is 781 g/mol. The number of carbonyl (C=O) groups is 2. The standard InChI is InChI=1S/C57H74O6/c1-8-10-11-14-42-17-19-44(20-18-42)45-21-23-46(24-22-45)47-25-27-48(28-26-47)49-29-30-53(43(9-2)35-49)52-36-50(15-12-33-62-55(60)40(3)4)54(31-32-57(7,38-58)39-59)51(37-52)16-13-34-63-56(61)41(5)6/h21-30,35-37,42,44,58-59H,3,5,8-20,31-34,38-39H2,1-2,4,6-7H3. The third-order valence-electron chi connectivity index (χ3n) is 13.3. The zero-order valence-corrected chi connectivity index (χ0v) is 39.0. The third kappa shape index (κ3) is 14.1. The van der Waals surface area contributed by atoms with Crippen molar-refractivity contribution in [1.29, 1.82) is 0 Å². The van der Waals surface area contributed by atoms with Gasteiger partial charge >= 0.3 is 11.9 Å². The summed E-state index contributed by atoms with van der Waals surface area (Å²) in [6.45, 7) is 17.4. The van der Waals surface area contributed by atoms with Gasteiger partial charge in [-0.05, 0) is 158 Å². The molecule has 2 N–H and O–H groups in total. The van der Waals surface area contributed by atoms with Gasteiger partial charge < -0.3 is 19.7 Å². The highest BCUT2D eigenvalue weighted by Gasteiger charge is 2.25. The van der Waals surface area contributed by atoms with Crippen molar-refractivity contribution in [1.82, 2.24) is 0 Å². The number of hydrogen-bond donors (Lipinski definition) is 2. The molecule has 4 aromatic carbocycles. The zero-order valence-electron chi connectivity index (χ0n) is 39.0. The Balaban J connectivity index is 1.39. The lowest BCUT2D eigenvalue weighted by Crippen LogP contribution is -2.27. The highest BCUT2D eigenvalue weighted by atomic mass is 16.5. The quantitative estimate of drug-likeness (QED) is 0.0414. The van der Waals surface area contributed by atoms with E-state index >= 15 is 0 Å². The van der Waals surface area contributed by atoms with Crippen LogP contribution in [0, 0.1) is 11.3 Å². The second-order valence-electron chi connectivity index (χ2n) is 18.6. The van der Waals surface area contributed by atoms with Gasteiger partial charge in [-0.1, -0.05) is 138 Å². The van der Waals surface area contributed by atoms with Gasteiger partial charge in [-0.15, -0.1) is 0 Å². The Kier molecular flexibility index (Phi) is 19.0. The fraction of sp³-hybridized carbons (Fsp3) is 0.474. The van der Waals surface area contributed by atoms with Crippen LogP contribution in [0.4, 0.5) is 0 Å². The number of carbonyl (C=O) groups excluding carboxylic acids is 2. The molecule has 0 unspecified atom stereocenters. The lowest BCUT2D eigenvalue weighted by Gasteiger charge is -2.29. The molecule has 0 aliphatic heterocycles. The molecule has 0 bridgehead atoms. The molecule has 1 aliphatic carbocycles. The van der Waals surface area contributed by atoms with Crippen molar-refractivity contribution in [3.8, 4) is 33.4 Å². The molecule has 5 rings (SSSR count). The van der Waals surface area contributed by atoms with Crippen LogP contribution >= 0.6 is 0 Å². The Bertz CT molecular complexity index is 2060. The molecule has 0 heterocycles. The summed E-state index contributed by atoms with van der Waals surface area (Å²) in [5.74, 6) is 0.819. The molecule has 1 fully saturated rings. The number of aliphatic hydroxyl groups is 2. The molecule has 63 heavy (non-hydrogen) atoms. The van der Waals surface area contributed by atoms with Gasteiger partial charge in [-0.25, -0.2) is 9.59 Å². The largest absolute Gasteiger partial charge is 0.462 e. The molecule has 6 nitrogen and oxygen atoms in total. The summed E-state index contributed by atoms with van der Waals surface area (Å²) in [5.41, 5.74) is 13.4. The van der Waals surface area contributed by atoms with Crippen LogP contribution in [0.25, 0.3) is 33.4 Å². The molecule has 0 aromatic heterocycles. The molecule has 4 aromatic rings. The molecular formula is C57H74O6. The summed E-state index contributed by atoms with van der Waals surface area (Å²) in [7, 11) is 0. The van der Waals surface area contributed by atoms with Gasteiger partial charge in [0.1, 0.15) is 0 Å². The van der Waals surface area contributed by atoms with Crippen LogP contribution in [0.1, 0.15) is 139 Å². The van der Waals surface area contributed by atoms with E-state index in [0.29, 0.717) is 55.6 Å². The Morgan fingerprint density at radius 2 is 1.13 bits per heavy atom. The maximum absolute atomic E-state index is 12.2. The minimum Gasteiger partial charge on any atom is -0.462 e. The Morgan fingerprint density at radius 3 is 1.62 bits per heavy atom. The lowest BCUT2D eigenvalue weighted by atomic mass is 9.77. The Morgan fingerprint density at radius 1 is 0.635 bits per heavy atom. The first kappa shape index (κ1) is 49.2. The van der Waals surface area contributed by atoms with Gasteiger partial charge in [0.25, 0.3) is 0 Å². The van der Waals surface area contributed by atoms with Crippen LogP contribution in [0.15, 0.2) is 103 Å². The van der Waals surface area contributed by atoms with Crippen LogP contribution in [-0.4, -0.2) is 48.6 Å². The van der Waals surface area contributed by atoms with Crippen molar-refractivity contribution in [3.05, 3.63) is 131 Å². The predicted octanol–water partition coefficient (Wildman–Crippen LogP) is 13.1. The fourth-order valence-electron chi connectivity index (χ4n) is 9.07. The lowest BCUT2D eigenvalue weighted by molar-refractivity contribution is -0.139. The van der Waals surface area contributed by atoms with E-state index in [1.165, 1.54) is 84.7 Å². The van der Waals surface area contributed by atoms with Crippen molar-refractivity contribution >= 4 is 11.9 Å². The molecule has 338 valence electrons. The smallest absolute Gasteiger partial charge is 0.333 e. The first-order chi connectivity index (χ1) is 30.4. The number of hydrogen-bond acceptors (Lipinski definition) is 6. The number of rotatable bonds is 24. The zero-order chi connectivity index (χ0) is 45.4. The topological polar surface area (TPSA) is 93.1 Å². The average Bonchev–Trinajstić information content (AvgIpc) is 3.31. The van der Waals surface area contributed by atoms with Crippen molar-refractivity contribution in [2.45, 2.75) is 137 Å². The second kappa shape index (κ2) is 24.3. The maximum atomic E-state index is 12.2. The number of unbranched alkanes of at least 4 members (excludes halogenated alkanes) is 2. The summed E-state index contributed by atoms with van der Waals surface area (Å²) in [5, 5.41) is 20.3. The highest BCUT2D eigenvalue weighted by molar-refractivity contribution is 5.87. The van der Waals surface area contributed by atoms with E-state index in [2.05, 4.69) is 106 Å². The van der Waals surface area contributed by atoms with Crippen LogP contribution in [0.3, 0.4) is 0 Å². The molecule has 1 aliphatic rings. The molecule has 0 amide bonds. The summed E-state index contributed by atoms with van der Waals surface area (Å²) < 4.78 is 11.0. The molecule has 0 radical (unpaired) electrons. The SMILES string of the molecule is C=C(C)C(=O)OCCCc1cc(-c2ccc(-c3ccc(-c4ccc(C5CCC(CCCCC)CC5)cc4)cc3)cc2CC)cc(CCCOC(=O)C(=C)C)c1CCC(C)(CO)CO. The molecule has 0 saturated heterocycles. The van der Waals surface area contributed by atoms with Gasteiger partial charge in [0.2, 0.25) is 0 Å². The molecule has 0 atom stereocenters. The van der Waals surface area contributed by atoms with E-state index in [1.807, 2.05) is 6.92 Å². The van der Waals surface area contributed by atoms with Crippen LogP contribution in [0.2, 0.25) is 0 Å². The third-order valence-corrected chi connectivity index (χ3v) is 13.3. The maximum Gasteiger partial charge on any atom is 0.333 e. The summed E-state index contributed by atoms with van der Waals surface area (Å²) in [6.07, 6.45) is 15.5. The Hall–Kier alpha value is -4.78. The van der Waals surface area contributed by atoms with Crippen LogP contribution in [0.5, 0.6) is 0 Å². The van der Waals surface area contributed by atoms with E-state index in [1.54, 1.807) is 13.8 Å². The number of aryl methyl sites for hydroxylation is 3. The van der Waals surface area contributed by atoms with Crippen molar-refractivity contribution in [3.63, 3.8) is 0 Å². The number of esters is 2. The summed E-state index contributed by atoms with van der Waals surface area (Å²) in [6, 6.07) is 29.6. The summed E-state index contributed by atoms with van der Waals surface area (Å²) >= 11 is 0. The molecule has 1 saturated carbocycles. The fourth-order valence-corrected chi connectivity index (χ4v) is 9.07.